The molecule has 0 aliphatic rings. The molecule has 1 atom stereocenters. The number of hydrogen-bond donors (Lipinski definition) is 2. The fourth-order valence-electron chi connectivity index (χ4n) is 1.42. The van der Waals surface area contributed by atoms with Crippen molar-refractivity contribution in [3.8, 4) is 0 Å². The van der Waals surface area contributed by atoms with Crippen LogP contribution in [0, 0.1) is 0 Å². The number of ether oxygens (including phenoxy) is 1. The first-order chi connectivity index (χ1) is 6.69. The number of anilines is 2. The first-order valence-corrected chi connectivity index (χ1v) is 4.61. The van der Waals surface area contributed by atoms with E-state index in [1.165, 1.54) is 0 Å². The molecule has 0 saturated carbocycles. The Kier molecular flexibility index (Phi) is 3.71. The van der Waals surface area contributed by atoms with Gasteiger partial charge in [-0.2, -0.15) is 0 Å². The van der Waals surface area contributed by atoms with Gasteiger partial charge in [0.15, 0.2) is 0 Å². The van der Waals surface area contributed by atoms with E-state index in [1.54, 1.807) is 13.3 Å². The second-order valence-electron chi connectivity index (χ2n) is 3.31. The molecule has 78 valence electrons. The van der Waals surface area contributed by atoms with E-state index in [9.17, 15) is 0 Å². The SMILES string of the molecule is CNc1ncc(N)cc1[C@H](C)COC. The molecule has 0 unspecified atom stereocenters. The van der Waals surface area contributed by atoms with E-state index in [1.807, 2.05) is 13.1 Å². The lowest BCUT2D eigenvalue weighted by Crippen LogP contribution is -2.07. The van der Waals surface area contributed by atoms with Gasteiger partial charge in [0, 0.05) is 25.6 Å². The lowest BCUT2D eigenvalue weighted by molar-refractivity contribution is 0.184. The van der Waals surface area contributed by atoms with Gasteiger partial charge in [0.05, 0.1) is 18.5 Å². The first-order valence-electron chi connectivity index (χ1n) is 4.61. The number of nitrogens with one attached hydrogen (secondary N) is 1. The number of methoxy groups -OCH3 is 1. The second kappa shape index (κ2) is 4.81. The lowest BCUT2D eigenvalue weighted by Gasteiger charge is -2.14. The predicted octanol–water partition coefficient (Wildman–Crippen LogP) is 1.46. The number of rotatable bonds is 4. The van der Waals surface area contributed by atoms with Crippen molar-refractivity contribution in [2.24, 2.45) is 0 Å². The summed E-state index contributed by atoms with van der Waals surface area (Å²) in [5.41, 5.74) is 7.46. The van der Waals surface area contributed by atoms with Crippen LogP contribution in [0.15, 0.2) is 12.3 Å². The highest BCUT2D eigenvalue weighted by molar-refractivity contribution is 5.52. The number of nitrogens with zero attached hydrogens (tertiary/aromatic N) is 1. The molecule has 1 heterocycles. The van der Waals surface area contributed by atoms with Gasteiger partial charge in [0.25, 0.3) is 0 Å². The van der Waals surface area contributed by atoms with Crippen LogP contribution in [-0.2, 0) is 4.74 Å². The molecule has 1 aromatic rings. The number of nitrogen functional groups attached to an aromatic ring is 1. The molecule has 1 aromatic heterocycles. The van der Waals surface area contributed by atoms with Crippen molar-refractivity contribution >= 4 is 11.5 Å². The van der Waals surface area contributed by atoms with Gasteiger partial charge in [0.2, 0.25) is 0 Å². The van der Waals surface area contributed by atoms with E-state index in [4.69, 9.17) is 10.5 Å². The summed E-state index contributed by atoms with van der Waals surface area (Å²) >= 11 is 0. The van der Waals surface area contributed by atoms with E-state index in [0.717, 1.165) is 11.4 Å². The molecule has 0 bridgehead atoms. The molecule has 0 aromatic carbocycles. The highest BCUT2D eigenvalue weighted by atomic mass is 16.5. The van der Waals surface area contributed by atoms with Crippen molar-refractivity contribution in [3.05, 3.63) is 17.8 Å². The van der Waals surface area contributed by atoms with Crippen LogP contribution in [0.2, 0.25) is 0 Å². The second-order valence-corrected chi connectivity index (χ2v) is 3.31. The highest BCUT2D eigenvalue weighted by Gasteiger charge is 2.11. The summed E-state index contributed by atoms with van der Waals surface area (Å²) < 4.78 is 5.10. The molecule has 14 heavy (non-hydrogen) atoms. The largest absolute Gasteiger partial charge is 0.397 e. The molecular weight excluding hydrogens is 178 g/mol. The first kappa shape index (κ1) is 10.8. The average Bonchev–Trinajstić information content (AvgIpc) is 2.18. The van der Waals surface area contributed by atoms with Gasteiger partial charge in [0.1, 0.15) is 5.82 Å². The fourth-order valence-corrected chi connectivity index (χ4v) is 1.42. The maximum absolute atomic E-state index is 5.69. The van der Waals surface area contributed by atoms with Crippen LogP contribution >= 0.6 is 0 Å². The molecule has 1 rings (SSSR count). The van der Waals surface area contributed by atoms with Crippen molar-refractivity contribution in [3.63, 3.8) is 0 Å². The molecule has 0 radical (unpaired) electrons. The van der Waals surface area contributed by atoms with Crippen LogP contribution in [0.1, 0.15) is 18.4 Å². The zero-order valence-corrected chi connectivity index (χ0v) is 8.87. The summed E-state index contributed by atoms with van der Waals surface area (Å²) in [4.78, 5) is 4.21. The van der Waals surface area contributed by atoms with Gasteiger partial charge in [-0.3, -0.25) is 0 Å². The highest BCUT2D eigenvalue weighted by Crippen LogP contribution is 2.24. The summed E-state index contributed by atoms with van der Waals surface area (Å²) in [5, 5.41) is 3.04. The predicted molar refractivity (Wildman–Crippen MR) is 58.5 cm³/mol. The standard InChI is InChI=1S/C10H17N3O/c1-7(6-14-3)9-4-8(11)5-13-10(9)12-2/h4-5,7H,6,11H2,1-3H3,(H,12,13)/t7-/m1/s1. The minimum absolute atomic E-state index is 0.290. The lowest BCUT2D eigenvalue weighted by atomic mass is 10.0. The Balaban J connectivity index is 2.97. The fraction of sp³-hybridized carbons (Fsp3) is 0.500. The van der Waals surface area contributed by atoms with Gasteiger partial charge >= 0.3 is 0 Å². The van der Waals surface area contributed by atoms with Gasteiger partial charge in [-0.15, -0.1) is 0 Å². The summed E-state index contributed by atoms with van der Waals surface area (Å²) in [6.45, 7) is 2.75. The van der Waals surface area contributed by atoms with Crippen molar-refractivity contribution < 1.29 is 4.74 Å². The molecular formula is C10H17N3O. The number of nitrogens with two attached hydrogens (primary N) is 1. The third-order valence-electron chi connectivity index (χ3n) is 2.12. The molecule has 0 aliphatic heterocycles. The van der Waals surface area contributed by atoms with Crippen LogP contribution in [0.3, 0.4) is 0 Å². The molecule has 0 aliphatic carbocycles. The minimum Gasteiger partial charge on any atom is -0.397 e. The Labute approximate surface area is 84.5 Å². The Morgan fingerprint density at radius 2 is 2.36 bits per heavy atom. The van der Waals surface area contributed by atoms with Gasteiger partial charge in [-0.25, -0.2) is 4.98 Å². The molecule has 0 saturated heterocycles. The zero-order chi connectivity index (χ0) is 10.6. The maximum atomic E-state index is 5.69. The van der Waals surface area contributed by atoms with Crippen LogP contribution in [-0.4, -0.2) is 25.7 Å². The number of pyridine rings is 1. The van der Waals surface area contributed by atoms with Crippen molar-refractivity contribution in [2.45, 2.75) is 12.8 Å². The van der Waals surface area contributed by atoms with E-state index >= 15 is 0 Å². The molecule has 3 N–H and O–H groups in total. The summed E-state index contributed by atoms with van der Waals surface area (Å²) in [6, 6.07) is 1.93. The Bertz CT molecular complexity index is 301. The monoisotopic (exact) mass is 195 g/mol. The average molecular weight is 195 g/mol. The van der Waals surface area contributed by atoms with E-state index in [-0.39, 0.29) is 0 Å². The summed E-state index contributed by atoms with van der Waals surface area (Å²) in [7, 11) is 3.54. The van der Waals surface area contributed by atoms with Crippen LogP contribution in [0.25, 0.3) is 0 Å². The van der Waals surface area contributed by atoms with E-state index < -0.39 is 0 Å². The van der Waals surface area contributed by atoms with Crippen molar-refractivity contribution in [1.82, 2.24) is 4.98 Å². The zero-order valence-electron chi connectivity index (χ0n) is 8.87. The molecule has 0 spiro atoms. The normalized spacial score (nSPS) is 12.5. The smallest absolute Gasteiger partial charge is 0.129 e. The van der Waals surface area contributed by atoms with Gasteiger partial charge in [-0.05, 0) is 6.07 Å². The van der Waals surface area contributed by atoms with E-state index in [2.05, 4.69) is 17.2 Å². The van der Waals surface area contributed by atoms with E-state index in [0.29, 0.717) is 18.2 Å². The Morgan fingerprint density at radius 1 is 1.64 bits per heavy atom. The van der Waals surface area contributed by atoms with Crippen LogP contribution < -0.4 is 11.1 Å². The van der Waals surface area contributed by atoms with Gasteiger partial charge in [-0.1, -0.05) is 6.92 Å². The topological polar surface area (TPSA) is 60.2 Å². The molecule has 4 nitrogen and oxygen atoms in total. The molecule has 0 amide bonds. The third kappa shape index (κ3) is 2.35. The molecule has 4 heteroatoms. The quantitative estimate of drug-likeness (QED) is 0.763. The number of aromatic nitrogens is 1. The Morgan fingerprint density at radius 3 is 2.93 bits per heavy atom. The molecule has 0 fully saturated rings. The van der Waals surface area contributed by atoms with Crippen molar-refractivity contribution in [1.29, 1.82) is 0 Å². The van der Waals surface area contributed by atoms with Crippen molar-refractivity contribution in [2.75, 3.05) is 31.8 Å². The third-order valence-corrected chi connectivity index (χ3v) is 2.12. The maximum Gasteiger partial charge on any atom is 0.129 e. The van der Waals surface area contributed by atoms with Crippen LogP contribution in [0.5, 0.6) is 0 Å². The number of hydrogen-bond acceptors (Lipinski definition) is 4. The Hall–Kier alpha value is -1.29. The van der Waals surface area contributed by atoms with Gasteiger partial charge < -0.3 is 15.8 Å². The summed E-state index contributed by atoms with van der Waals surface area (Å²) in [6.07, 6.45) is 1.65. The summed E-state index contributed by atoms with van der Waals surface area (Å²) in [5.74, 6) is 1.15. The minimum atomic E-state index is 0.290. The van der Waals surface area contributed by atoms with Crippen LogP contribution in [0.4, 0.5) is 11.5 Å².